The van der Waals surface area contributed by atoms with E-state index in [1.807, 2.05) is 60.7 Å². The highest BCUT2D eigenvalue weighted by Crippen LogP contribution is 2.25. The van der Waals surface area contributed by atoms with Crippen molar-refractivity contribution >= 4 is 16.8 Å². The van der Waals surface area contributed by atoms with Gasteiger partial charge < -0.3 is 10.2 Å². The van der Waals surface area contributed by atoms with Gasteiger partial charge in [-0.25, -0.2) is 4.98 Å². The molecule has 0 spiro atoms. The Hall–Kier alpha value is -2.72. The van der Waals surface area contributed by atoms with Crippen molar-refractivity contribution in [1.29, 1.82) is 0 Å². The Morgan fingerprint density at radius 1 is 1.04 bits per heavy atom. The molecule has 0 atom stereocenters. The second kappa shape index (κ2) is 7.26. The van der Waals surface area contributed by atoms with E-state index < -0.39 is 0 Å². The predicted molar refractivity (Wildman–Crippen MR) is 105 cm³/mol. The van der Waals surface area contributed by atoms with Crippen molar-refractivity contribution in [3.63, 3.8) is 0 Å². The van der Waals surface area contributed by atoms with Gasteiger partial charge >= 0.3 is 0 Å². The molecule has 132 valence electrons. The topological polar surface area (TPSA) is 45.2 Å². The van der Waals surface area contributed by atoms with Crippen molar-refractivity contribution in [3.8, 4) is 11.3 Å². The van der Waals surface area contributed by atoms with Crippen LogP contribution in [0.25, 0.3) is 22.2 Å². The molecule has 1 amide bonds. The van der Waals surface area contributed by atoms with Crippen LogP contribution in [0.15, 0.2) is 60.7 Å². The van der Waals surface area contributed by atoms with Crippen molar-refractivity contribution in [1.82, 2.24) is 15.2 Å². The molecule has 4 rings (SSSR count). The highest BCUT2D eigenvalue weighted by Gasteiger charge is 2.21. The monoisotopic (exact) mass is 345 g/mol. The summed E-state index contributed by atoms with van der Waals surface area (Å²) in [5.41, 5.74) is 3.40. The number of piperidine rings is 1. The first-order valence-corrected chi connectivity index (χ1v) is 9.15. The first-order valence-electron chi connectivity index (χ1n) is 9.15. The summed E-state index contributed by atoms with van der Waals surface area (Å²) in [6, 6.07) is 20.0. The maximum Gasteiger partial charge on any atom is 0.252 e. The molecule has 4 heteroatoms. The molecule has 1 aromatic heterocycles. The zero-order chi connectivity index (χ0) is 17.9. The van der Waals surface area contributed by atoms with Crippen LogP contribution in [-0.2, 0) is 0 Å². The number of aromatic nitrogens is 1. The normalized spacial score (nSPS) is 15.9. The molecule has 26 heavy (non-hydrogen) atoms. The highest BCUT2D eigenvalue weighted by atomic mass is 16.1. The predicted octanol–water partition coefficient (Wildman–Crippen LogP) is 3.73. The van der Waals surface area contributed by atoms with Gasteiger partial charge in [0.1, 0.15) is 0 Å². The van der Waals surface area contributed by atoms with E-state index in [0.717, 1.165) is 48.1 Å². The molecule has 1 N–H and O–H groups in total. The number of nitrogens with one attached hydrogen (secondary N) is 1. The van der Waals surface area contributed by atoms with Gasteiger partial charge in [-0.3, -0.25) is 4.79 Å². The fraction of sp³-hybridized carbons (Fsp3) is 0.273. The molecule has 3 aromatic rings. The van der Waals surface area contributed by atoms with E-state index in [1.165, 1.54) is 0 Å². The molecule has 0 bridgehead atoms. The third kappa shape index (κ3) is 3.46. The molecule has 0 saturated carbocycles. The lowest BCUT2D eigenvalue weighted by molar-refractivity contribution is 0.0918. The number of carbonyl (C=O) groups is 1. The number of pyridine rings is 1. The average Bonchev–Trinajstić information content (AvgIpc) is 2.69. The molecule has 4 nitrogen and oxygen atoms in total. The Morgan fingerprint density at radius 3 is 2.50 bits per heavy atom. The van der Waals surface area contributed by atoms with Crippen LogP contribution >= 0.6 is 0 Å². The zero-order valence-corrected chi connectivity index (χ0v) is 15.0. The molecule has 0 radical (unpaired) electrons. The second-order valence-corrected chi connectivity index (χ2v) is 6.99. The van der Waals surface area contributed by atoms with Gasteiger partial charge in [-0.05, 0) is 45.1 Å². The highest BCUT2D eigenvalue weighted by molar-refractivity contribution is 6.07. The van der Waals surface area contributed by atoms with Crippen molar-refractivity contribution in [2.75, 3.05) is 20.1 Å². The fourth-order valence-corrected chi connectivity index (χ4v) is 3.54. The number of rotatable bonds is 3. The van der Waals surface area contributed by atoms with E-state index in [2.05, 4.69) is 17.3 Å². The van der Waals surface area contributed by atoms with Gasteiger partial charge in [-0.15, -0.1) is 0 Å². The van der Waals surface area contributed by atoms with Crippen LogP contribution in [0.1, 0.15) is 23.2 Å². The maximum absolute atomic E-state index is 13.0. The van der Waals surface area contributed by atoms with Crippen molar-refractivity contribution in [3.05, 3.63) is 66.2 Å². The molecule has 1 aliphatic heterocycles. The van der Waals surface area contributed by atoms with Gasteiger partial charge in [0.15, 0.2) is 0 Å². The summed E-state index contributed by atoms with van der Waals surface area (Å²) in [5.74, 6) is -0.00432. The largest absolute Gasteiger partial charge is 0.349 e. The SMILES string of the molecule is CN1CCC(NC(=O)c2cc(-c3ccccc3)nc3ccccc23)CC1. The number of amides is 1. The van der Waals surface area contributed by atoms with Crippen LogP contribution in [0.3, 0.4) is 0 Å². The summed E-state index contributed by atoms with van der Waals surface area (Å²) >= 11 is 0. The van der Waals surface area contributed by atoms with E-state index in [4.69, 9.17) is 4.98 Å². The summed E-state index contributed by atoms with van der Waals surface area (Å²) in [6.07, 6.45) is 1.99. The lowest BCUT2D eigenvalue weighted by Gasteiger charge is -2.29. The fourth-order valence-electron chi connectivity index (χ4n) is 3.54. The number of para-hydroxylation sites is 1. The van der Waals surface area contributed by atoms with Gasteiger partial charge in [-0.1, -0.05) is 48.5 Å². The number of hydrogen-bond acceptors (Lipinski definition) is 3. The molecule has 1 aliphatic rings. The molecular formula is C22H23N3O. The number of fused-ring (bicyclic) bond motifs is 1. The third-order valence-electron chi connectivity index (χ3n) is 5.08. The Bertz CT molecular complexity index is 915. The first kappa shape index (κ1) is 16.7. The van der Waals surface area contributed by atoms with E-state index in [-0.39, 0.29) is 11.9 Å². The maximum atomic E-state index is 13.0. The molecule has 2 heterocycles. The number of likely N-dealkylation sites (tertiary alicyclic amines) is 1. The van der Waals surface area contributed by atoms with Gasteiger partial charge in [-0.2, -0.15) is 0 Å². The van der Waals surface area contributed by atoms with Crippen LogP contribution in [-0.4, -0.2) is 42.0 Å². The lowest BCUT2D eigenvalue weighted by Crippen LogP contribution is -2.43. The van der Waals surface area contributed by atoms with Crippen LogP contribution in [0.2, 0.25) is 0 Å². The Kier molecular flexibility index (Phi) is 4.67. The van der Waals surface area contributed by atoms with Crippen LogP contribution in [0, 0.1) is 0 Å². The number of carbonyl (C=O) groups excluding carboxylic acids is 1. The summed E-state index contributed by atoms with van der Waals surface area (Å²) in [7, 11) is 2.13. The minimum Gasteiger partial charge on any atom is -0.349 e. The van der Waals surface area contributed by atoms with Gasteiger partial charge in [0, 0.05) is 17.0 Å². The van der Waals surface area contributed by atoms with Crippen molar-refractivity contribution in [2.24, 2.45) is 0 Å². The van der Waals surface area contributed by atoms with E-state index in [9.17, 15) is 4.79 Å². The van der Waals surface area contributed by atoms with Gasteiger partial charge in [0.05, 0.1) is 16.8 Å². The molecule has 1 saturated heterocycles. The van der Waals surface area contributed by atoms with Crippen LogP contribution in [0.4, 0.5) is 0 Å². The summed E-state index contributed by atoms with van der Waals surface area (Å²) < 4.78 is 0. The summed E-state index contributed by atoms with van der Waals surface area (Å²) in [4.78, 5) is 20.1. The van der Waals surface area contributed by atoms with Crippen LogP contribution in [0.5, 0.6) is 0 Å². The van der Waals surface area contributed by atoms with Crippen LogP contribution < -0.4 is 5.32 Å². The van der Waals surface area contributed by atoms with Gasteiger partial charge in [0.2, 0.25) is 0 Å². The zero-order valence-electron chi connectivity index (χ0n) is 15.0. The Morgan fingerprint density at radius 2 is 1.73 bits per heavy atom. The number of nitrogens with zero attached hydrogens (tertiary/aromatic N) is 2. The molecule has 0 aliphatic carbocycles. The Balaban J connectivity index is 1.70. The minimum absolute atomic E-state index is 0.00432. The van der Waals surface area contributed by atoms with E-state index in [0.29, 0.717) is 5.56 Å². The summed E-state index contributed by atoms with van der Waals surface area (Å²) in [5, 5.41) is 4.13. The second-order valence-electron chi connectivity index (χ2n) is 6.99. The van der Waals surface area contributed by atoms with E-state index in [1.54, 1.807) is 0 Å². The molecular weight excluding hydrogens is 322 g/mol. The summed E-state index contributed by atoms with van der Waals surface area (Å²) in [6.45, 7) is 2.05. The Labute approximate surface area is 153 Å². The molecule has 0 unspecified atom stereocenters. The average molecular weight is 345 g/mol. The van der Waals surface area contributed by atoms with Crippen molar-refractivity contribution in [2.45, 2.75) is 18.9 Å². The quantitative estimate of drug-likeness (QED) is 0.787. The minimum atomic E-state index is -0.00432. The molecule has 2 aromatic carbocycles. The third-order valence-corrected chi connectivity index (χ3v) is 5.08. The number of benzene rings is 2. The molecule has 1 fully saturated rings. The smallest absolute Gasteiger partial charge is 0.252 e. The van der Waals surface area contributed by atoms with Gasteiger partial charge in [0.25, 0.3) is 5.91 Å². The number of hydrogen-bond donors (Lipinski definition) is 1. The lowest BCUT2D eigenvalue weighted by atomic mass is 10.0. The standard InChI is InChI=1S/C22H23N3O/c1-25-13-11-17(12-14-25)23-22(26)19-15-21(16-7-3-2-4-8-16)24-20-10-6-5-9-18(19)20/h2-10,15,17H,11-14H2,1H3,(H,23,26). The van der Waals surface area contributed by atoms with Crippen molar-refractivity contribution < 1.29 is 4.79 Å². The van der Waals surface area contributed by atoms with E-state index >= 15 is 0 Å². The first-order chi connectivity index (χ1) is 12.7.